The van der Waals surface area contributed by atoms with Crippen molar-refractivity contribution in [3.8, 4) is 0 Å². The first-order chi connectivity index (χ1) is 8.75. The van der Waals surface area contributed by atoms with Crippen molar-refractivity contribution in [3.63, 3.8) is 0 Å². The molecule has 0 amide bonds. The van der Waals surface area contributed by atoms with E-state index in [2.05, 4.69) is 0 Å². The highest BCUT2D eigenvalue weighted by Gasteiger charge is 2.43. The number of hydrogen-bond acceptors (Lipinski definition) is 4. The zero-order chi connectivity index (χ0) is 12.5. The molecule has 2 aliphatic rings. The van der Waals surface area contributed by atoms with E-state index in [-0.39, 0.29) is 6.10 Å². The van der Waals surface area contributed by atoms with Crippen LogP contribution in [0.1, 0.15) is 11.9 Å². The maximum absolute atomic E-state index is 10.1. The number of hydrogen-bond donors (Lipinski definition) is 1. The average molecular weight is 246 g/mol. The van der Waals surface area contributed by atoms with Gasteiger partial charge in [-0.3, -0.25) is 0 Å². The second-order valence-electron chi connectivity index (χ2n) is 4.70. The normalized spacial score (nSPS) is 40.2. The van der Waals surface area contributed by atoms with Gasteiger partial charge in [-0.25, -0.2) is 0 Å². The maximum Gasteiger partial charge on any atom is 0.184 e. The van der Waals surface area contributed by atoms with E-state index in [0.717, 1.165) is 5.56 Å². The Balaban J connectivity index is 1.75. The molecular weight excluding hydrogens is 231 g/mol. The van der Waals surface area contributed by atoms with Crippen LogP contribution in [0, 0.1) is 0 Å². The molecule has 4 nitrogen and oxygen atoms in total. The van der Waals surface area contributed by atoms with Crippen LogP contribution >= 0.6 is 0 Å². The molecule has 2 aliphatic heterocycles. The summed E-state index contributed by atoms with van der Waals surface area (Å²) in [5, 5.41) is 10.1. The highest BCUT2D eigenvalue weighted by Crippen LogP contribution is 2.34. The Morgan fingerprint density at radius 2 is 1.89 bits per heavy atom. The minimum Gasteiger partial charge on any atom is -0.391 e. The molecule has 5 atom stereocenters. The van der Waals surface area contributed by atoms with E-state index in [1.807, 2.05) is 30.3 Å². The second-order valence-corrected chi connectivity index (χ2v) is 4.70. The van der Waals surface area contributed by atoms with Crippen molar-refractivity contribution in [2.45, 2.75) is 30.4 Å². The molecule has 2 heterocycles. The van der Waals surface area contributed by atoms with Gasteiger partial charge in [0.2, 0.25) is 0 Å². The zero-order valence-corrected chi connectivity index (χ0v) is 9.94. The summed E-state index contributed by atoms with van der Waals surface area (Å²) in [6.45, 7) is 0.749. The van der Waals surface area contributed by atoms with Gasteiger partial charge in [0.15, 0.2) is 6.29 Å². The van der Waals surface area contributed by atoms with Crippen LogP contribution in [-0.2, 0) is 14.2 Å². The van der Waals surface area contributed by atoms with Crippen LogP contribution in [0.4, 0.5) is 0 Å². The summed E-state index contributed by atoms with van der Waals surface area (Å²) in [6.07, 6.45) is -1.83. The molecule has 1 aromatic carbocycles. The third-order valence-corrected chi connectivity index (χ3v) is 3.41. The number of rotatable bonds is 1. The molecule has 0 spiro atoms. The SMILES string of the molecule is [B]C1COC2COC(c3ccccc3)O[C@@H]2C1O. The highest BCUT2D eigenvalue weighted by atomic mass is 16.7. The van der Waals surface area contributed by atoms with Crippen molar-refractivity contribution in [1.29, 1.82) is 0 Å². The van der Waals surface area contributed by atoms with Crippen molar-refractivity contribution in [3.05, 3.63) is 35.9 Å². The molecule has 2 radical (unpaired) electrons. The van der Waals surface area contributed by atoms with Gasteiger partial charge in [-0.2, -0.15) is 0 Å². The third-order valence-electron chi connectivity index (χ3n) is 3.41. The molecule has 1 N–H and O–H groups in total. The number of benzene rings is 1. The Morgan fingerprint density at radius 1 is 1.11 bits per heavy atom. The number of aliphatic hydroxyl groups excluding tert-OH is 1. The quantitative estimate of drug-likeness (QED) is 0.745. The zero-order valence-electron chi connectivity index (χ0n) is 9.94. The van der Waals surface area contributed by atoms with Crippen molar-refractivity contribution >= 4 is 7.85 Å². The van der Waals surface area contributed by atoms with E-state index >= 15 is 0 Å². The van der Waals surface area contributed by atoms with E-state index in [9.17, 15) is 5.11 Å². The summed E-state index contributed by atoms with van der Waals surface area (Å²) in [7, 11) is 5.77. The fraction of sp³-hybridized carbons (Fsp3) is 0.538. The van der Waals surface area contributed by atoms with E-state index in [4.69, 9.17) is 22.1 Å². The second kappa shape index (κ2) is 5.01. The summed E-state index contributed by atoms with van der Waals surface area (Å²) < 4.78 is 16.9. The Bertz CT molecular complexity index is 397. The first-order valence-electron chi connectivity index (χ1n) is 6.13. The van der Waals surface area contributed by atoms with Crippen LogP contribution in [0.25, 0.3) is 0 Å². The fourth-order valence-electron chi connectivity index (χ4n) is 2.35. The molecule has 0 aliphatic carbocycles. The molecule has 3 rings (SSSR count). The monoisotopic (exact) mass is 246 g/mol. The minimum atomic E-state index is -0.709. The van der Waals surface area contributed by atoms with Crippen molar-refractivity contribution < 1.29 is 19.3 Å². The van der Waals surface area contributed by atoms with Crippen LogP contribution in [0.5, 0.6) is 0 Å². The van der Waals surface area contributed by atoms with Gasteiger partial charge in [-0.05, 0) is 5.82 Å². The molecule has 1 aromatic rings. The molecule has 0 bridgehead atoms. The van der Waals surface area contributed by atoms with E-state index < -0.39 is 24.3 Å². The lowest BCUT2D eigenvalue weighted by atomic mass is 9.78. The summed E-state index contributed by atoms with van der Waals surface area (Å²) in [4.78, 5) is 0. The van der Waals surface area contributed by atoms with Gasteiger partial charge < -0.3 is 19.3 Å². The van der Waals surface area contributed by atoms with Crippen molar-refractivity contribution in [1.82, 2.24) is 0 Å². The molecule has 2 saturated heterocycles. The Labute approximate surface area is 107 Å². The standard InChI is InChI=1S/C13H15BO4/c14-9-6-16-10-7-17-13(18-12(10)11(9)15)8-4-2-1-3-5-8/h1-5,9-13,15H,6-7H2/t9?,10?,11?,12-,13?/m0/s1. The summed E-state index contributed by atoms with van der Waals surface area (Å²) in [6, 6.07) is 9.65. The van der Waals surface area contributed by atoms with E-state index in [0.29, 0.717) is 13.2 Å². The van der Waals surface area contributed by atoms with Crippen LogP contribution in [0.3, 0.4) is 0 Å². The minimum absolute atomic E-state index is 0.236. The van der Waals surface area contributed by atoms with E-state index in [1.165, 1.54) is 0 Å². The Morgan fingerprint density at radius 3 is 2.67 bits per heavy atom. The molecule has 4 unspecified atom stereocenters. The molecular formula is C13H15BO4. The Hall–Kier alpha value is -0.875. The molecule has 0 aromatic heterocycles. The summed E-state index contributed by atoms with van der Waals surface area (Å²) >= 11 is 0. The lowest BCUT2D eigenvalue weighted by Crippen LogP contribution is -2.54. The topological polar surface area (TPSA) is 47.9 Å². The van der Waals surface area contributed by atoms with Gasteiger partial charge in [0.25, 0.3) is 0 Å². The summed E-state index contributed by atoms with van der Waals surface area (Å²) in [5.41, 5.74) is 0.933. The van der Waals surface area contributed by atoms with Crippen molar-refractivity contribution in [2.75, 3.05) is 13.2 Å². The lowest BCUT2D eigenvalue weighted by molar-refractivity contribution is -0.298. The van der Waals surface area contributed by atoms with Crippen LogP contribution in [-0.4, -0.2) is 44.5 Å². The van der Waals surface area contributed by atoms with Gasteiger partial charge in [0.1, 0.15) is 12.2 Å². The predicted molar refractivity (Wildman–Crippen MR) is 65.3 cm³/mol. The van der Waals surface area contributed by atoms with Crippen molar-refractivity contribution in [2.24, 2.45) is 0 Å². The summed E-state index contributed by atoms with van der Waals surface area (Å²) in [5.74, 6) is -0.402. The first kappa shape index (κ1) is 12.2. The number of fused-ring (bicyclic) bond motifs is 1. The maximum atomic E-state index is 10.1. The number of ether oxygens (including phenoxy) is 3. The van der Waals surface area contributed by atoms with E-state index in [1.54, 1.807) is 0 Å². The van der Waals surface area contributed by atoms with Gasteiger partial charge in [0.05, 0.1) is 20.6 Å². The van der Waals surface area contributed by atoms with Crippen LogP contribution in [0.15, 0.2) is 30.3 Å². The largest absolute Gasteiger partial charge is 0.391 e. The third kappa shape index (κ3) is 2.19. The molecule has 2 fully saturated rings. The number of aliphatic hydroxyl groups is 1. The molecule has 94 valence electrons. The smallest absolute Gasteiger partial charge is 0.184 e. The average Bonchev–Trinajstić information content (AvgIpc) is 2.44. The Kier molecular flexibility index (Phi) is 3.39. The van der Waals surface area contributed by atoms with Crippen LogP contribution < -0.4 is 0 Å². The highest BCUT2D eigenvalue weighted by molar-refractivity contribution is 6.12. The molecule has 18 heavy (non-hydrogen) atoms. The molecule has 5 heteroatoms. The van der Waals surface area contributed by atoms with Crippen LogP contribution in [0.2, 0.25) is 5.82 Å². The first-order valence-corrected chi connectivity index (χ1v) is 6.13. The fourth-order valence-corrected chi connectivity index (χ4v) is 2.35. The predicted octanol–water partition coefficient (Wildman–Crippen LogP) is 0.817. The molecule has 0 saturated carbocycles. The lowest BCUT2D eigenvalue weighted by Gasteiger charge is -2.44. The van der Waals surface area contributed by atoms with Gasteiger partial charge >= 0.3 is 0 Å². The van der Waals surface area contributed by atoms with Gasteiger partial charge in [-0.15, -0.1) is 0 Å². The van der Waals surface area contributed by atoms with Gasteiger partial charge in [0, 0.05) is 12.2 Å². The van der Waals surface area contributed by atoms with Gasteiger partial charge in [-0.1, -0.05) is 30.3 Å².